The summed E-state index contributed by atoms with van der Waals surface area (Å²) in [6.07, 6.45) is 10.7. The molecule has 0 rings (SSSR count). The molecular weight excluding hydrogens is 332 g/mol. The first-order chi connectivity index (χ1) is 11.0. The number of carboxylic acid groups (broad SMARTS) is 2. The Kier molecular flexibility index (Phi) is 17.0. The van der Waals surface area contributed by atoms with Gasteiger partial charge in [0.15, 0.2) is 5.41 Å². The predicted octanol–water partition coefficient (Wildman–Crippen LogP) is 4.58. The molecule has 0 aromatic heterocycles. The van der Waals surface area contributed by atoms with Crippen molar-refractivity contribution >= 4 is 49.7 Å². The molecule has 0 aliphatic carbocycles. The molecule has 140 valence electrons. The molecule has 0 radical (unpaired) electrons. The van der Waals surface area contributed by atoms with E-state index in [1.54, 1.807) is 0 Å². The van der Waals surface area contributed by atoms with Crippen LogP contribution in [0.4, 0.5) is 0 Å². The van der Waals surface area contributed by atoms with Crippen molar-refractivity contribution < 1.29 is 19.8 Å². The van der Waals surface area contributed by atoms with Crippen molar-refractivity contribution in [3.8, 4) is 0 Å². The summed E-state index contributed by atoms with van der Waals surface area (Å²) in [5.74, 6) is -2.58. The van der Waals surface area contributed by atoms with E-state index >= 15 is 0 Å². The zero-order valence-corrected chi connectivity index (χ0v) is 15.3. The van der Waals surface area contributed by atoms with Crippen LogP contribution in [-0.2, 0) is 9.59 Å². The molecule has 2 N–H and O–H groups in total. The molecule has 1 atom stereocenters. The summed E-state index contributed by atoms with van der Waals surface area (Å²) in [6, 6.07) is 0. The number of rotatable bonds is 15. The van der Waals surface area contributed by atoms with E-state index in [0.717, 1.165) is 38.5 Å². The minimum atomic E-state index is -1.60. The number of carbonyl (C=O) groups is 2. The first kappa shape index (κ1) is 26.4. The fraction of sp³-hybridized carbons (Fsp3) is 0.895. The molecule has 5 heteroatoms. The Balaban J connectivity index is 0. The van der Waals surface area contributed by atoms with Crippen LogP contribution < -0.4 is 0 Å². The van der Waals surface area contributed by atoms with Gasteiger partial charge < -0.3 is 10.2 Å². The summed E-state index contributed by atoms with van der Waals surface area (Å²) in [5, 5.41) is 19.4. The Morgan fingerprint density at radius 1 is 0.792 bits per heavy atom. The van der Waals surface area contributed by atoms with Gasteiger partial charge in [0.25, 0.3) is 0 Å². The topological polar surface area (TPSA) is 74.6 Å². The first-order valence-corrected chi connectivity index (χ1v) is 9.44. The van der Waals surface area contributed by atoms with Crippen molar-refractivity contribution in [3.63, 3.8) is 0 Å². The molecule has 0 spiro atoms. The van der Waals surface area contributed by atoms with Gasteiger partial charge in [-0.3, -0.25) is 9.59 Å². The Labute approximate surface area is 177 Å². The van der Waals surface area contributed by atoms with E-state index in [-0.39, 0.29) is 50.1 Å². The zero-order valence-electron chi connectivity index (χ0n) is 15.3. The van der Waals surface area contributed by atoms with Crippen LogP contribution in [0.15, 0.2) is 0 Å². The van der Waals surface area contributed by atoms with Gasteiger partial charge in [-0.1, -0.05) is 85.0 Å². The zero-order chi connectivity index (χ0) is 17.7. The third-order valence-corrected chi connectivity index (χ3v) is 5.03. The molecule has 0 aromatic rings. The predicted molar refractivity (Wildman–Crippen MR) is 102 cm³/mol. The van der Waals surface area contributed by atoms with E-state index in [1.807, 2.05) is 6.92 Å². The quantitative estimate of drug-likeness (QED) is 0.251. The molecule has 4 nitrogen and oxygen atoms in total. The third kappa shape index (κ3) is 8.53. The molecule has 0 saturated heterocycles. The van der Waals surface area contributed by atoms with Crippen molar-refractivity contribution in [2.75, 3.05) is 0 Å². The van der Waals surface area contributed by atoms with Gasteiger partial charge in [0.2, 0.25) is 0 Å². The van der Waals surface area contributed by atoms with E-state index < -0.39 is 17.4 Å². The molecule has 0 saturated carbocycles. The second-order valence-electron chi connectivity index (χ2n) is 6.70. The molecular formula is C19H38CaO4. The second-order valence-corrected chi connectivity index (χ2v) is 6.70. The molecule has 0 fully saturated rings. The SMILES string of the molecule is CCCCCCCCC(C(=O)O)(C(=O)O)C(CC)CCCCC.[CaH2]. The molecule has 0 heterocycles. The molecule has 0 amide bonds. The monoisotopic (exact) mass is 370 g/mol. The Hall–Kier alpha value is 0.200. The van der Waals surface area contributed by atoms with Gasteiger partial charge in [-0.05, 0) is 18.8 Å². The fourth-order valence-electron chi connectivity index (χ4n) is 3.48. The first-order valence-electron chi connectivity index (χ1n) is 9.44. The molecule has 24 heavy (non-hydrogen) atoms. The van der Waals surface area contributed by atoms with Crippen LogP contribution in [0.5, 0.6) is 0 Å². The summed E-state index contributed by atoms with van der Waals surface area (Å²) in [4.78, 5) is 23.8. The number of unbranched alkanes of at least 4 members (excludes halogenated alkanes) is 7. The van der Waals surface area contributed by atoms with Gasteiger partial charge in [0.05, 0.1) is 0 Å². The molecule has 1 unspecified atom stereocenters. The Morgan fingerprint density at radius 3 is 1.71 bits per heavy atom. The average Bonchev–Trinajstić information content (AvgIpc) is 2.51. The van der Waals surface area contributed by atoms with E-state index in [1.165, 1.54) is 12.8 Å². The summed E-state index contributed by atoms with van der Waals surface area (Å²) in [6.45, 7) is 6.17. The van der Waals surface area contributed by atoms with Crippen LogP contribution in [0.1, 0.15) is 97.8 Å². The van der Waals surface area contributed by atoms with Gasteiger partial charge >= 0.3 is 49.7 Å². The van der Waals surface area contributed by atoms with Crippen molar-refractivity contribution in [1.82, 2.24) is 0 Å². The van der Waals surface area contributed by atoms with Crippen LogP contribution in [-0.4, -0.2) is 59.9 Å². The van der Waals surface area contributed by atoms with Crippen molar-refractivity contribution in [1.29, 1.82) is 0 Å². The van der Waals surface area contributed by atoms with Crippen molar-refractivity contribution in [2.24, 2.45) is 11.3 Å². The average molecular weight is 371 g/mol. The van der Waals surface area contributed by atoms with Gasteiger partial charge in [0.1, 0.15) is 0 Å². The minimum absolute atomic E-state index is 0. The molecule has 0 aliphatic rings. The van der Waals surface area contributed by atoms with E-state index in [9.17, 15) is 19.8 Å². The van der Waals surface area contributed by atoms with Crippen molar-refractivity contribution in [3.05, 3.63) is 0 Å². The Morgan fingerprint density at radius 2 is 1.25 bits per heavy atom. The normalized spacial score (nSPS) is 12.5. The number of aliphatic carboxylic acids is 2. The van der Waals surface area contributed by atoms with E-state index in [0.29, 0.717) is 19.3 Å². The summed E-state index contributed by atoms with van der Waals surface area (Å²) in [5.41, 5.74) is -1.60. The van der Waals surface area contributed by atoms with Crippen LogP contribution >= 0.6 is 0 Å². The standard InChI is InChI=1S/C19H36O4.Ca.2H/c1-4-7-9-10-11-13-15-19(17(20)21,18(22)23)16(6-3)14-12-8-5-2;;;/h16H,4-15H2,1-3H3,(H,20,21)(H,22,23);;;. The number of hydrogen-bond donors (Lipinski definition) is 2. The number of carboxylic acids is 2. The maximum absolute atomic E-state index is 11.9. The maximum atomic E-state index is 11.9. The summed E-state index contributed by atoms with van der Waals surface area (Å²) >= 11 is 0. The molecule has 0 aromatic carbocycles. The van der Waals surface area contributed by atoms with Crippen LogP contribution in [0.25, 0.3) is 0 Å². The number of hydrogen-bond acceptors (Lipinski definition) is 2. The van der Waals surface area contributed by atoms with Gasteiger partial charge in [-0.15, -0.1) is 0 Å². The van der Waals surface area contributed by atoms with Crippen LogP contribution in [0, 0.1) is 11.3 Å². The summed E-state index contributed by atoms with van der Waals surface area (Å²) < 4.78 is 0. The summed E-state index contributed by atoms with van der Waals surface area (Å²) in [7, 11) is 0. The van der Waals surface area contributed by atoms with Gasteiger partial charge in [-0.2, -0.15) is 0 Å². The molecule has 0 aliphatic heterocycles. The van der Waals surface area contributed by atoms with Crippen LogP contribution in [0.3, 0.4) is 0 Å². The second kappa shape index (κ2) is 15.5. The van der Waals surface area contributed by atoms with E-state index in [4.69, 9.17) is 0 Å². The third-order valence-electron chi connectivity index (χ3n) is 5.03. The molecule has 0 bridgehead atoms. The van der Waals surface area contributed by atoms with Gasteiger partial charge in [-0.25, -0.2) is 0 Å². The fourth-order valence-corrected chi connectivity index (χ4v) is 3.48. The van der Waals surface area contributed by atoms with Crippen molar-refractivity contribution in [2.45, 2.75) is 97.8 Å². The Bertz CT molecular complexity index is 330. The van der Waals surface area contributed by atoms with Gasteiger partial charge in [0, 0.05) is 0 Å². The van der Waals surface area contributed by atoms with Crippen LogP contribution in [0.2, 0.25) is 0 Å². The van der Waals surface area contributed by atoms with E-state index in [2.05, 4.69) is 13.8 Å².